The molecule has 28 heavy (non-hydrogen) atoms. The van der Waals surface area contributed by atoms with E-state index >= 15 is 0 Å². The third-order valence-corrected chi connectivity index (χ3v) is 5.54. The molecule has 2 aliphatic heterocycles. The van der Waals surface area contributed by atoms with Gasteiger partial charge >= 0.3 is 0 Å². The first-order chi connectivity index (χ1) is 13.4. The molecule has 1 fully saturated rings. The molecule has 1 aromatic rings. The van der Waals surface area contributed by atoms with Crippen LogP contribution in [0, 0.1) is 11.8 Å². The van der Waals surface area contributed by atoms with Crippen molar-refractivity contribution in [1.82, 2.24) is 5.32 Å². The zero-order chi connectivity index (χ0) is 19.8. The number of allylic oxidation sites excluding steroid dienone is 3. The Morgan fingerprint density at radius 1 is 1.29 bits per heavy atom. The molecule has 0 saturated carbocycles. The van der Waals surface area contributed by atoms with Crippen molar-refractivity contribution in [3.8, 4) is 0 Å². The molecule has 7 heteroatoms. The van der Waals surface area contributed by atoms with Gasteiger partial charge in [0.15, 0.2) is 0 Å². The van der Waals surface area contributed by atoms with Crippen LogP contribution in [0.4, 0.5) is 5.69 Å². The zero-order valence-corrected chi connectivity index (χ0v) is 16.8. The molecule has 0 bridgehead atoms. The van der Waals surface area contributed by atoms with Crippen LogP contribution in [0.1, 0.15) is 13.3 Å². The van der Waals surface area contributed by atoms with Gasteiger partial charge in [0.25, 0.3) is 5.91 Å². The summed E-state index contributed by atoms with van der Waals surface area (Å²) in [5, 5.41) is 2.80. The molecule has 0 radical (unpaired) electrons. The first-order valence-corrected chi connectivity index (χ1v) is 9.77. The normalized spacial score (nSPS) is 25.4. The van der Waals surface area contributed by atoms with E-state index in [0.717, 1.165) is 21.4 Å². The number of aliphatic imine (C=N–C) groups is 1. The molecular weight excluding hydrogens is 422 g/mol. The lowest BCUT2D eigenvalue weighted by atomic mass is 9.89. The molecule has 4 rings (SSSR count). The number of halogens is 1. The second-order valence-electron chi connectivity index (χ2n) is 7.07. The maximum atomic E-state index is 12.7. The summed E-state index contributed by atoms with van der Waals surface area (Å²) >= 11 is 3.40. The average Bonchev–Trinajstić information content (AvgIpc) is 3.03. The van der Waals surface area contributed by atoms with Gasteiger partial charge in [-0.25, -0.2) is 4.99 Å². The van der Waals surface area contributed by atoms with E-state index in [1.807, 2.05) is 37.3 Å². The van der Waals surface area contributed by atoms with Crippen LogP contribution in [0.5, 0.6) is 0 Å². The largest absolute Gasteiger partial charge is 0.325 e. The van der Waals surface area contributed by atoms with Crippen molar-refractivity contribution in [3.63, 3.8) is 0 Å². The molecule has 142 valence electrons. The second kappa shape index (κ2) is 7.31. The van der Waals surface area contributed by atoms with Gasteiger partial charge in [0.05, 0.1) is 11.6 Å². The van der Waals surface area contributed by atoms with Crippen molar-refractivity contribution in [2.45, 2.75) is 13.3 Å². The maximum Gasteiger partial charge on any atom is 0.251 e. The quantitative estimate of drug-likeness (QED) is 0.768. The molecule has 3 amide bonds. The van der Waals surface area contributed by atoms with Gasteiger partial charge in [-0.15, -0.1) is 0 Å². The highest BCUT2D eigenvalue weighted by atomic mass is 79.9. The monoisotopic (exact) mass is 439 g/mol. The van der Waals surface area contributed by atoms with E-state index < -0.39 is 5.92 Å². The summed E-state index contributed by atoms with van der Waals surface area (Å²) in [5.74, 6) is -1.06. The minimum Gasteiger partial charge on any atom is -0.325 e. The van der Waals surface area contributed by atoms with Gasteiger partial charge in [-0.05, 0) is 37.3 Å². The number of benzene rings is 1. The van der Waals surface area contributed by atoms with E-state index in [9.17, 15) is 14.4 Å². The number of hydrogen-bond donors (Lipinski definition) is 1. The van der Waals surface area contributed by atoms with E-state index in [0.29, 0.717) is 12.3 Å². The fraction of sp³-hybridized carbons (Fsp3) is 0.238. The van der Waals surface area contributed by atoms with Crippen molar-refractivity contribution in [1.29, 1.82) is 0 Å². The molecule has 0 aromatic heterocycles. The molecule has 1 aromatic carbocycles. The summed E-state index contributed by atoms with van der Waals surface area (Å²) in [7, 11) is 0. The number of carbonyl (C=O) groups is 3. The first kappa shape index (κ1) is 18.6. The number of fused-ring (bicyclic) bond motifs is 1. The van der Waals surface area contributed by atoms with Crippen molar-refractivity contribution in [2.75, 3.05) is 11.4 Å². The van der Waals surface area contributed by atoms with E-state index in [4.69, 9.17) is 0 Å². The van der Waals surface area contributed by atoms with Crippen LogP contribution in [0.2, 0.25) is 0 Å². The Bertz CT molecular complexity index is 1010. The molecule has 2 heterocycles. The predicted octanol–water partition coefficient (Wildman–Crippen LogP) is 2.92. The van der Waals surface area contributed by atoms with Gasteiger partial charge in [-0.3, -0.25) is 14.4 Å². The third-order valence-electron chi connectivity index (χ3n) is 5.05. The SMILES string of the molecule is CC1=CC(=O)NC2=CC(=NC(=O)C3CC(=O)N(c4cccc(Br)c4)C3)C=CC12. The number of hydrogen-bond acceptors (Lipinski definition) is 3. The molecule has 1 N–H and O–H groups in total. The summed E-state index contributed by atoms with van der Waals surface area (Å²) in [5.41, 5.74) is 2.91. The van der Waals surface area contributed by atoms with Crippen LogP contribution in [-0.2, 0) is 14.4 Å². The molecule has 1 aliphatic carbocycles. The third kappa shape index (κ3) is 3.62. The van der Waals surface area contributed by atoms with Gasteiger partial charge in [-0.2, -0.15) is 0 Å². The minimum atomic E-state index is -0.480. The van der Waals surface area contributed by atoms with Crippen LogP contribution >= 0.6 is 15.9 Å². The Morgan fingerprint density at radius 2 is 2.11 bits per heavy atom. The lowest BCUT2D eigenvalue weighted by Gasteiger charge is -2.25. The summed E-state index contributed by atoms with van der Waals surface area (Å²) < 4.78 is 0.875. The van der Waals surface area contributed by atoms with E-state index in [1.165, 1.54) is 0 Å². The van der Waals surface area contributed by atoms with Crippen LogP contribution in [0.25, 0.3) is 0 Å². The van der Waals surface area contributed by atoms with Gasteiger partial charge in [0.2, 0.25) is 11.8 Å². The highest BCUT2D eigenvalue weighted by molar-refractivity contribution is 9.10. The van der Waals surface area contributed by atoms with Crippen molar-refractivity contribution in [2.24, 2.45) is 16.8 Å². The minimum absolute atomic E-state index is 0.00632. The van der Waals surface area contributed by atoms with Crippen LogP contribution < -0.4 is 10.2 Å². The standard InChI is InChI=1S/C21H18BrN3O3/c1-12-7-19(26)24-18-10-15(5-6-17(12)18)23-21(28)13-8-20(27)25(11-13)16-4-2-3-14(22)9-16/h2-7,9-10,13,17H,8,11H2,1H3,(H,24,26). The molecule has 2 atom stereocenters. The lowest BCUT2D eigenvalue weighted by molar-refractivity contribution is -0.123. The van der Waals surface area contributed by atoms with Gasteiger partial charge < -0.3 is 10.2 Å². The van der Waals surface area contributed by atoms with Gasteiger partial charge in [0.1, 0.15) is 0 Å². The van der Waals surface area contributed by atoms with Gasteiger partial charge in [0, 0.05) is 40.8 Å². The number of amides is 3. The lowest BCUT2D eigenvalue weighted by Crippen LogP contribution is -2.32. The summed E-state index contributed by atoms with van der Waals surface area (Å²) in [4.78, 5) is 42.5. The Labute approximate surface area is 170 Å². The smallest absolute Gasteiger partial charge is 0.251 e. The Balaban J connectivity index is 1.50. The Morgan fingerprint density at radius 3 is 2.89 bits per heavy atom. The van der Waals surface area contributed by atoms with E-state index in [1.54, 1.807) is 23.1 Å². The van der Waals surface area contributed by atoms with Gasteiger partial charge in [-0.1, -0.05) is 33.6 Å². The predicted molar refractivity (Wildman–Crippen MR) is 110 cm³/mol. The van der Waals surface area contributed by atoms with Crippen molar-refractivity contribution in [3.05, 3.63) is 64.3 Å². The summed E-state index contributed by atoms with van der Waals surface area (Å²) in [6, 6.07) is 7.44. The molecule has 6 nitrogen and oxygen atoms in total. The van der Waals surface area contributed by atoms with Crippen molar-refractivity contribution < 1.29 is 14.4 Å². The molecule has 3 aliphatic rings. The summed E-state index contributed by atoms with van der Waals surface area (Å²) in [6.45, 7) is 2.21. The highest BCUT2D eigenvalue weighted by Gasteiger charge is 2.35. The molecule has 2 unspecified atom stereocenters. The summed E-state index contributed by atoms with van der Waals surface area (Å²) in [6.07, 6.45) is 7.13. The maximum absolute atomic E-state index is 12.7. The number of nitrogens with one attached hydrogen (secondary N) is 1. The molecule has 1 saturated heterocycles. The number of carbonyl (C=O) groups excluding carboxylic acids is 3. The van der Waals surface area contributed by atoms with Crippen LogP contribution in [-0.4, -0.2) is 30.0 Å². The second-order valence-corrected chi connectivity index (χ2v) is 7.99. The Hall–Kier alpha value is -2.80. The van der Waals surface area contributed by atoms with E-state index in [2.05, 4.69) is 26.2 Å². The van der Waals surface area contributed by atoms with E-state index in [-0.39, 0.29) is 30.1 Å². The fourth-order valence-electron chi connectivity index (χ4n) is 3.64. The molecular formula is C21H18BrN3O3. The van der Waals surface area contributed by atoms with Crippen LogP contribution in [0.15, 0.2) is 69.3 Å². The zero-order valence-electron chi connectivity index (χ0n) is 15.2. The highest BCUT2D eigenvalue weighted by Crippen LogP contribution is 2.29. The number of nitrogens with zero attached hydrogens (tertiary/aromatic N) is 2. The topological polar surface area (TPSA) is 78.8 Å². The number of rotatable bonds is 2. The number of anilines is 1. The van der Waals surface area contributed by atoms with Crippen LogP contribution in [0.3, 0.4) is 0 Å². The molecule has 0 spiro atoms. The first-order valence-electron chi connectivity index (χ1n) is 8.98. The average molecular weight is 440 g/mol. The fourth-order valence-corrected chi connectivity index (χ4v) is 4.02. The van der Waals surface area contributed by atoms with Crippen molar-refractivity contribution >= 4 is 45.1 Å². The Kier molecular flexibility index (Phi) is 4.85.